The van der Waals surface area contributed by atoms with Crippen molar-refractivity contribution in [3.05, 3.63) is 59.7 Å². The Morgan fingerprint density at radius 2 is 1.75 bits per heavy atom. The summed E-state index contributed by atoms with van der Waals surface area (Å²) >= 11 is 0. The molecule has 2 aromatic carbocycles. The Labute approximate surface area is 117 Å². The number of oxime groups is 1. The molecule has 1 heterocycles. The van der Waals surface area contributed by atoms with Crippen LogP contribution >= 0.6 is 0 Å². The molecular formula is C17H16N2O. The van der Waals surface area contributed by atoms with E-state index in [2.05, 4.69) is 41.3 Å². The van der Waals surface area contributed by atoms with Gasteiger partial charge in [-0.05, 0) is 25.5 Å². The average Bonchev–Trinajstić information content (AvgIpc) is 2.86. The minimum Gasteiger partial charge on any atom is -0.411 e. The van der Waals surface area contributed by atoms with Crippen molar-refractivity contribution in [3.63, 3.8) is 0 Å². The van der Waals surface area contributed by atoms with Crippen LogP contribution in [0.5, 0.6) is 0 Å². The van der Waals surface area contributed by atoms with Gasteiger partial charge in [0.1, 0.15) is 0 Å². The molecule has 0 spiro atoms. The second-order valence-corrected chi connectivity index (χ2v) is 4.97. The molecule has 0 amide bonds. The van der Waals surface area contributed by atoms with Gasteiger partial charge in [0.25, 0.3) is 0 Å². The minimum atomic E-state index is 0.609. The molecule has 0 saturated carbocycles. The van der Waals surface area contributed by atoms with Gasteiger partial charge in [0, 0.05) is 16.5 Å². The number of para-hydroxylation sites is 1. The smallest absolute Gasteiger partial charge is 0.0864 e. The van der Waals surface area contributed by atoms with Crippen LogP contribution in [0.15, 0.2) is 53.7 Å². The average molecular weight is 264 g/mol. The van der Waals surface area contributed by atoms with Gasteiger partial charge in [-0.2, -0.15) is 0 Å². The fraction of sp³-hybridized carbons (Fsp3) is 0.118. The van der Waals surface area contributed by atoms with Crippen molar-refractivity contribution >= 4 is 16.6 Å². The van der Waals surface area contributed by atoms with Crippen LogP contribution in [0.3, 0.4) is 0 Å². The van der Waals surface area contributed by atoms with Crippen molar-refractivity contribution in [2.45, 2.75) is 13.8 Å². The van der Waals surface area contributed by atoms with Gasteiger partial charge in [-0.25, -0.2) is 0 Å². The van der Waals surface area contributed by atoms with Crippen molar-refractivity contribution in [2.75, 3.05) is 0 Å². The lowest BCUT2D eigenvalue weighted by Crippen LogP contribution is -1.96. The topological polar surface area (TPSA) is 48.4 Å². The summed E-state index contributed by atoms with van der Waals surface area (Å²) in [6.45, 7) is 3.88. The van der Waals surface area contributed by atoms with Crippen molar-refractivity contribution < 1.29 is 5.21 Å². The Morgan fingerprint density at radius 1 is 1.05 bits per heavy atom. The molecule has 0 aliphatic heterocycles. The second-order valence-electron chi connectivity index (χ2n) is 4.97. The monoisotopic (exact) mass is 264 g/mol. The van der Waals surface area contributed by atoms with E-state index in [9.17, 15) is 0 Å². The highest BCUT2D eigenvalue weighted by Gasteiger charge is 2.15. The third-order valence-corrected chi connectivity index (χ3v) is 3.56. The molecule has 0 fully saturated rings. The maximum Gasteiger partial charge on any atom is 0.0864 e. The van der Waals surface area contributed by atoms with E-state index in [4.69, 9.17) is 5.21 Å². The summed E-state index contributed by atoms with van der Waals surface area (Å²) in [5, 5.41) is 13.6. The highest BCUT2D eigenvalue weighted by Crippen LogP contribution is 2.31. The molecule has 0 saturated heterocycles. The van der Waals surface area contributed by atoms with Gasteiger partial charge in [-0.1, -0.05) is 53.2 Å². The van der Waals surface area contributed by atoms with Crippen LogP contribution in [-0.2, 0) is 0 Å². The first-order chi connectivity index (χ1) is 9.70. The Kier molecular flexibility index (Phi) is 3.03. The van der Waals surface area contributed by atoms with Crippen LogP contribution in [0, 0.1) is 6.92 Å². The fourth-order valence-electron chi connectivity index (χ4n) is 2.50. The maximum absolute atomic E-state index is 9.16. The van der Waals surface area contributed by atoms with Crippen LogP contribution < -0.4 is 0 Å². The molecule has 0 atom stereocenters. The maximum atomic E-state index is 9.16. The van der Waals surface area contributed by atoms with Crippen molar-refractivity contribution in [3.8, 4) is 11.3 Å². The predicted molar refractivity (Wildman–Crippen MR) is 82.5 cm³/mol. The first kappa shape index (κ1) is 12.5. The molecule has 0 aliphatic carbocycles. The predicted octanol–water partition coefficient (Wildman–Crippen LogP) is 4.34. The van der Waals surface area contributed by atoms with E-state index in [0.29, 0.717) is 5.71 Å². The van der Waals surface area contributed by atoms with E-state index < -0.39 is 0 Å². The first-order valence-electron chi connectivity index (χ1n) is 6.57. The van der Waals surface area contributed by atoms with Gasteiger partial charge in [0.05, 0.1) is 11.4 Å². The normalized spacial score (nSPS) is 12.0. The van der Waals surface area contributed by atoms with Gasteiger partial charge in [-0.15, -0.1) is 0 Å². The zero-order valence-corrected chi connectivity index (χ0v) is 11.5. The first-order valence-corrected chi connectivity index (χ1v) is 6.57. The van der Waals surface area contributed by atoms with Crippen molar-refractivity contribution in [2.24, 2.45) is 5.16 Å². The lowest BCUT2D eigenvalue weighted by Gasteiger charge is -2.04. The molecule has 0 aliphatic rings. The van der Waals surface area contributed by atoms with E-state index >= 15 is 0 Å². The number of rotatable bonds is 2. The van der Waals surface area contributed by atoms with E-state index in [-0.39, 0.29) is 0 Å². The third kappa shape index (κ3) is 1.97. The summed E-state index contributed by atoms with van der Waals surface area (Å²) in [6.07, 6.45) is 0. The Bertz CT molecular complexity index is 782. The summed E-state index contributed by atoms with van der Waals surface area (Å²) < 4.78 is 0. The fourth-order valence-corrected chi connectivity index (χ4v) is 2.50. The number of aromatic nitrogens is 1. The molecule has 0 unspecified atom stereocenters. The van der Waals surface area contributed by atoms with Gasteiger partial charge in [0.15, 0.2) is 0 Å². The summed E-state index contributed by atoms with van der Waals surface area (Å²) in [5.74, 6) is 0. The number of nitrogens with zero attached hydrogens (tertiary/aromatic N) is 1. The van der Waals surface area contributed by atoms with Crippen molar-refractivity contribution in [1.82, 2.24) is 4.98 Å². The number of hydrogen-bond acceptors (Lipinski definition) is 2. The molecule has 2 N–H and O–H groups in total. The quantitative estimate of drug-likeness (QED) is 0.403. The van der Waals surface area contributed by atoms with E-state index in [1.54, 1.807) is 0 Å². The van der Waals surface area contributed by atoms with Crippen LogP contribution in [0.2, 0.25) is 0 Å². The Hall–Kier alpha value is -2.55. The number of hydrogen-bond donors (Lipinski definition) is 2. The second kappa shape index (κ2) is 4.85. The van der Waals surface area contributed by atoms with Crippen LogP contribution in [0.4, 0.5) is 0 Å². The molecule has 1 aromatic heterocycles. The number of aromatic amines is 1. The molecule has 3 aromatic rings. The number of aryl methyl sites for hydroxylation is 1. The molecule has 100 valence electrons. The number of H-pyrrole nitrogens is 1. The lowest BCUT2D eigenvalue weighted by molar-refractivity contribution is 0.319. The van der Waals surface area contributed by atoms with Gasteiger partial charge in [0.2, 0.25) is 0 Å². The molecule has 0 radical (unpaired) electrons. The number of fused-ring (bicyclic) bond motifs is 1. The lowest BCUT2D eigenvalue weighted by atomic mass is 10.0. The molecule has 3 nitrogen and oxygen atoms in total. The van der Waals surface area contributed by atoms with E-state index in [1.807, 2.05) is 31.2 Å². The molecule has 3 heteroatoms. The van der Waals surface area contributed by atoms with E-state index in [0.717, 1.165) is 27.7 Å². The summed E-state index contributed by atoms with van der Waals surface area (Å²) in [7, 11) is 0. The highest BCUT2D eigenvalue weighted by molar-refractivity contribution is 6.14. The third-order valence-electron chi connectivity index (χ3n) is 3.56. The molecule has 0 bridgehead atoms. The summed E-state index contributed by atoms with van der Waals surface area (Å²) in [4.78, 5) is 3.42. The van der Waals surface area contributed by atoms with Crippen LogP contribution in [0.25, 0.3) is 22.2 Å². The van der Waals surface area contributed by atoms with Gasteiger partial charge in [-0.3, -0.25) is 0 Å². The molecule has 3 rings (SSSR count). The minimum absolute atomic E-state index is 0.609. The van der Waals surface area contributed by atoms with Gasteiger partial charge >= 0.3 is 0 Å². The zero-order valence-electron chi connectivity index (χ0n) is 11.5. The Balaban J connectivity index is 2.32. The van der Waals surface area contributed by atoms with Crippen LogP contribution in [-0.4, -0.2) is 15.9 Å². The number of nitrogens with one attached hydrogen (secondary N) is 1. The Morgan fingerprint density at radius 3 is 2.45 bits per heavy atom. The molecular weight excluding hydrogens is 248 g/mol. The van der Waals surface area contributed by atoms with Crippen LogP contribution in [0.1, 0.15) is 18.1 Å². The molecule has 20 heavy (non-hydrogen) atoms. The highest BCUT2D eigenvalue weighted by atomic mass is 16.4. The zero-order chi connectivity index (χ0) is 14.1. The van der Waals surface area contributed by atoms with E-state index in [1.165, 1.54) is 5.56 Å². The van der Waals surface area contributed by atoms with Gasteiger partial charge < -0.3 is 10.2 Å². The summed E-state index contributed by atoms with van der Waals surface area (Å²) in [6, 6.07) is 16.4. The SMILES string of the molecule is C/C(=N\O)c1c(-c2ccc(C)cc2)[nH]c2ccccc12. The van der Waals surface area contributed by atoms with Crippen molar-refractivity contribution in [1.29, 1.82) is 0 Å². The number of benzene rings is 2. The summed E-state index contributed by atoms with van der Waals surface area (Å²) in [5.41, 5.74) is 5.90. The largest absolute Gasteiger partial charge is 0.411 e. The standard InChI is InChI=1S/C17H16N2O/c1-11-7-9-13(10-8-11)17-16(12(2)19-20)14-5-3-4-6-15(14)18-17/h3-10,18,20H,1-2H3/b19-12+.